The number of carbonyl (C=O) groups is 1. The van der Waals surface area contributed by atoms with Crippen LogP contribution >= 0.6 is 15.9 Å². The molecule has 0 spiro atoms. The lowest BCUT2D eigenvalue weighted by Gasteiger charge is -2.12. The molecule has 1 aromatic heterocycles. The third kappa shape index (κ3) is 3.24. The van der Waals surface area contributed by atoms with Crippen LogP contribution in [-0.4, -0.2) is 18.2 Å². The number of hydrogen-bond acceptors (Lipinski definition) is 1. The zero-order valence-corrected chi connectivity index (χ0v) is 12.1. The monoisotopic (exact) mass is 283 g/mol. The predicted molar refractivity (Wildman–Crippen MR) is 73.2 cm³/mol. The van der Waals surface area contributed by atoms with Gasteiger partial charge in [-0.2, -0.15) is 0 Å². The number of nitrogens with zero attached hydrogens (tertiary/aromatic N) is 1. The average molecular weight is 284 g/mol. The van der Waals surface area contributed by atoms with Gasteiger partial charge in [-0.15, -0.1) is 0 Å². The minimum Gasteiger partial charge on any atom is -0.405 e. The summed E-state index contributed by atoms with van der Waals surface area (Å²) in [5.41, 5.74) is 1.74. The number of fused-ring (bicyclic) bond motifs is 1. The minimum atomic E-state index is 0.201. The van der Waals surface area contributed by atoms with E-state index in [1.54, 1.807) is 6.20 Å². The van der Waals surface area contributed by atoms with Crippen LogP contribution in [0, 0.1) is 0 Å². The van der Waals surface area contributed by atoms with Crippen LogP contribution in [0.3, 0.4) is 0 Å². The van der Waals surface area contributed by atoms with Crippen molar-refractivity contribution >= 4 is 29.7 Å². The molecule has 0 saturated heterocycles. The summed E-state index contributed by atoms with van der Waals surface area (Å²) in [6.45, 7) is 8.00. The Morgan fingerprint density at radius 1 is 1.25 bits per heavy atom. The summed E-state index contributed by atoms with van der Waals surface area (Å²) < 4.78 is 2.36. The van der Waals surface area contributed by atoms with Gasteiger partial charge in [-0.05, 0) is 28.8 Å². The Bertz CT molecular complexity index is 347. The molecule has 2 nitrogen and oxygen atoms in total. The van der Waals surface area contributed by atoms with E-state index >= 15 is 0 Å². The fraction of sp³-hybridized carbons (Fsp3) is 0.583. The number of Topliss-reactive ketones (excluding diaryl/α,β-unsaturated/α-hetero) is 1. The molecule has 2 radical (unpaired) electrons. The minimum absolute atomic E-state index is 0.201. The van der Waals surface area contributed by atoms with Gasteiger partial charge in [-0.3, -0.25) is 4.79 Å². The second kappa shape index (κ2) is 7.72. The van der Waals surface area contributed by atoms with Crippen LogP contribution in [0.25, 0.3) is 0 Å². The van der Waals surface area contributed by atoms with E-state index in [-0.39, 0.29) is 5.78 Å². The standard InChI is InChI=1S/C8H7BBrNO.2C2H6/c9-11-4-5(10)8-6(11)2-1-3-7(8)12;2*1-2/h4H,1-3H2;2*1-2H3. The number of aromatic nitrogens is 1. The molecule has 1 aliphatic carbocycles. The summed E-state index contributed by atoms with van der Waals surface area (Å²) in [6, 6.07) is 0. The molecule has 0 saturated carbocycles. The topological polar surface area (TPSA) is 22.0 Å². The maximum Gasteiger partial charge on any atom is 0.233 e. The quantitative estimate of drug-likeness (QED) is 0.665. The van der Waals surface area contributed by atoms with Gasteiger partial charge in [-0.25, -0.2) is 0 Å². The molecule has 0 N–H and O–H groups in total. The maximum atomic E-state index is 11.4. The fourth-order valence-electron chi connectivity index (χ4n) is 1.62. The van der Waals surface area contributed by atoms with E-state index in [2.05, 4.69) is 15.9 Å². The van der Waals surface area contributed by atoms with Crippen molar-refractivity contribution in [2.75, 3.05) is 0 Å². The van der Waals surface area contributed by atoms with E-state index in [9.17, 15) is 4.79 Å². The highest BCUT2D eigenvalue weighted by molar-refractivity contribution is 9.10. The Kier molecular flexibility index (Phi) is 7.47. The molecule has 0 aromatic carbocycles. The first-order valence-electron chi connectivity index (χ1n) is 5.88. The highest BCUT2D eigenvalue weighted by atomic mass is 79.9. The van der Waals surface area contributed by atoms with E-state index in [0.717, 1.165) is 28.6 Å². The second-order valence-corrected chi connectivity index (χ2v) is 3.84. The molecule has 0 unspecified atom stereocenters. The number of halogens is 1. The number of ketones is 1. The number of rotatable bonds is 0. The first-order valence-corrected chi connectivity index (χ1v) is 6.67. The summed E-state index contributed by atoms with van der Waals surface area (Å²) in [7, 11) is 5.66. The van der Waals surface area contributed by atoms with Crippen molar-refractivity contribution < 1.29 is 4.79 Å². The Balaban J connectivity index is 0.000000509. The Morgan fingerprint density at radius 2 is 1.81 bits per heavy atom. The van der Waals surface area contributed by atoms with E-state index in [1.165, 1.54) is 4.48 Å². The molecule has 1 aliphatic rings. The van der Waals surface area contributed by atoms with Gasteiger partial charge in [0.2, 0.25) is 7.98 Å². The summed E-state index contributed by atoms with van der Waals surface area (Å²) in [5, 5.41) is 0. The Morgan fingerprint density at radius 3 is 2.31 bits per heavy atom. The molecule has 0 bridgehead atoms. The molecule has 0 fully saturated rings. The third-order valence-electron chi connectivity index (χ3n) is 2.19. The molecule has 88 valence electrons. The van der Waals surface area contributed by atoms with Crippen molar-refractivity contribution in [3.8, 4) is 0 Å². The fourth-order valence-corrected chi connectivity index (χ4v) is 2.29. The van der Waals surface area contributed by atoms with Crippen LogP contribution < -0.4 is 0 Å². The largest absolute Gasteiger partial charge is 0.405 e. The lowest BCUT2D eigenvalue weighted by molar-refractivity contribution is 0.0971. The van der Waals surface area contributed by atoms with Gasteiger partial charge in [0.25, 0.3) is 0 Å². The summed E-state index contributed by atoms with van der Waals surface area (Å²) in [6.07, 6.45) is 4.21. The van der Waals surface area contributed by atoms with Crippen molar-refractivity contribution in [1.29, 1.82) is 0 Å². The molecule has 0 amide bonds. The molecule has 0 atom stereocenters. The van der Waals surface area contributed by atoms with Crippen molar-refractivity contribution in [2.45, 2.75) is 47.0 Å². The second-order valence-electron chi connectivity index (χ2n) is 2.98. The zero-order chi connectivity index (χ0) is 12.7. The van der Waals surface area contributed by atoms with Crippen molar-refractivity contribution in [3.05, 3.63) is 21.9 Å². The first kappa shape index (κ1) is 15.5. The molecular weight excluding hydrogens is 265 g/mol. The van der Waals surface area contributed by atoms with Gasteiger partial charge in [0.15, 0.2) is 5.78 Å². The van der Waals surface area contributed by atoms with Crippen LogP contribution in [-0.2, 0) is 6.42 Å². The first-order chi connectivity index (χ1) is 7.70. The molecule has 0 aliphatic heterocycles. The third-order valence-corrected chi connectivity index (χ3v) is 2.79. The van der Waals surface area contributed by atoms with Gasteiger partial charge < -0.3 is 4.48 Å². The van der Waals surface area contributed by atoms with Crippen LogP contribution in [0.5, 0.6) is 0 Å². The lowest BCUT2D eigenvalue weighted by Crippen LogP contribution is -2.12. The predicted octanol–water partition coefficient (Wildman–Crippen LogP) is 3.75. The van der Waals surface area contributed by atoms with Gasteiger partial charge in [0.05, 0.1) is 5.56 Å². The summed E-state index contributed by atoms with van der Waals surface area (Å²) >= 11 is 3.32. The van der Waals surface area contributed by atoms with Gasteiger partial charge >= 0.3 is 0 Å². The zero-order valence-electron chi connectivity index (χ0n) is 10.5. The average Bonchev–Trinajstić information content (AvgIpc) is 2.61. The highest BCUT2D eigenvalue weighted by Crippen LogP contribution is 2.28. The molecular formula is C12H19BBrNO. The number of carbonyl (C=O) groups excluding carboxylic acids is 1. The van der Waals surface area contributed by atoms with Crippen molar-refractivity contribution in [3.63, 3.8) is 0 Å². The Hall–Kier alpha value is -0.505. The Labute approximate surface area is 108 Å². The van der Waals surface area contributed by atoms with Gasteiger partial charge in [0, 0.05) is 22.8 Å². The van der Waals surface area contributed by atoms with E-state index in [4.69, 9.17) is 7.98 Å². The van der Waals surface area contributed by atoms with Gasteiger partial charge in [-0.1, -0.05) is 27.7 Å². The smallest absolute Gasteiger partial charge is 0.233 e. The van der Waals surface area contributed by atoms with Crippen LogP contribution in [0.2, 0.25) is 0 Å². The lowest BCUT2D eigenvalue weighted by atomic mass is 9.96. The molecule has 16 heavy (non-hydrogen) atoms. The molecule has 1 heterocycles. The van der Waals surface area contributed by atoms with E-state index in [1.807, 2.05) is 27.7 Å². The van der Waals surface area contributed by atoms with E-state index in [0.29, 0.717) is 6.42 Å². The molecule has 2 rings (SSSR count). The molecule has 1 aromatic rings. The summed E-state index contributed by atoms with van der Waals surface area (Å²) in [4.78, 5) is 11.4. The van der Waals surface area contributed by atoms with E-state index < -0.39 is 0 Å². The van der Waals surface area contributed by atoms with Crippen LogP contribution in [0.1, 0.15) is 56.6 Å². The number of hydrogen-bond donors (Lipinski definition) is 0. The highest BCUT2D eigenvalue weighted by Gasteiger charge is 2.22. The van der Waals surface area contributed by atoms with Crippen LogP contribution in [0.4, 0.5) is 0 Å². The SMILES string of the molecule is CC.CC.[B]n1cc(Br)c2c1CCCC2=O. The summed E-state index contributed by atoms with van der Waals surface area (Å²) in [5.74, 6) is 0.201. The molecule has 4 heteroatoms. The van der Waals surface area contributed by atoms with Gasteiger partial charge in [0.1, 0.15) is 0 Å². The maximum absolute atomic E-state index is 11.4. The normalized spacial score (nSPS) is 12.9. The van der Waals surface area contributed by atoms with Crippen molar-refractivity contribution in [2.24, 2.45) is 0 Å². The van der Waals surface area contributed by atoms with Crippen LogP contribution in [0.15, 0.2) is 10.7 Å². The van der Waals surface area contributed by atoms with Crippen molar-refractivity contribution in [1.82, 2.24) is 4.48 Å².